The fourth-order valence-electron chi connectivity index (χ4n) is 2.05. The van der Waals surface area contributed by atoms with Crippen LogP contribution in [0.1, 0.15) is 11.1 Å². The van der Waals surface area contributed by atoms with Crippen LogP contribution < -0.4 is 0 Å². The zero-order valence-electron chi connectivity index (χ0n) is 6.96. The first kappa shape index (κ1) is 7.39. The number of halogens is 1. The lowest BCUT2D eigenvalue weighted by atomic mass is 10.1. The van der Waals surface area contributed by atoms with E-state index in [0.29, 0.717) is 12.5 Å². The highest BCUT2D eigenvalue weighted by atomic mass is 35.5. The lowest BCUT2D eigenvalue weighted by Gasteiger charge is -1.99. The molecule has 2 nitrogen and oxygen atoms in total. The van der Waals surface area contributed by atoms with Crippen molar-refractivity contribution in [1.29, 1.82) is 0 Å². The van der Waals surface area contributed by atoms with E-state index in [1.165, 1.54) is 5.56 Å². The molecule has 0 aromatic heterocycles. The Kier molecular flexibility index (Phi) is 1.41. The summed E-state index contributed by atoms with van der Waals surface area (Å²) in [5.74, 6) is 0.440. The summed E-state index contributed by atoms with van der Waals surface area (Å²) in [6.07, 6.45) is 1.02. The van der Waals surface area contributed by atoms with Gasteiger partial charge in [-0.2, -0.15) is 0 Å². The number of rotatable bonds is 0. The van der Waals surface area contributed by atoms with Crippen molar-refractivity contribution in [3.63, 3.8) is 0 Å². The lowest BCUT2D eigenvalue weighted by molar-refractivity contribution is 0.154. The Hall–Kier alpha value is -1.02. The Labute approximate surface area is 81.1 Å². The van der Waals surface area contributed by atoms with E-state index in [0.717, 1.165) is 22.7 Å². The van der Waals surface area contributed by atoms with Crippen LogP contribution in [0.4, 0.5) is 0 Å². The maximum Gasteiger partial charge on any atom is 0.126 e. The molecule has 1 unspecified atom stereocenters. The molecule has 1 heterocycles. The summed E-state index contributed by atoms with van der Waals surface area (Å²) >= 11 is 6.10. The Morgan fingerprint density at radius 3 is 3.31 bits per heavy atom. The minimum atomic E-state index is 0.440. The Morgan fingerprint density at radius 2 is 2.38 bits per heavy atom. The van der Waals surface area contributed by atoms with Crippen LogP contribution in [0.2, 0.25) is 5.02 Å². The molecule has 1 aliphatic carbocycles. The van der Waals surface area contributed by atoms with E-state index in [1.807, 2.05) is 12.1 Å². The van der Waals surface area contributed by atoms with Crippen molar-refractivity contribution in [2.45, 2.75) is 6.42 Å². The van der Waals surface area contributed by atoms with Gasteiger partial charge in [-0.15, -0.1) is 0 Å². The van der Waals surface area contributed by atoms with Gasteiger partial charge in [0.1, 0.15) is 6.61 Å². The molecule has 1 aliphatic heterocycles. The molecule has 0 radical (unpaired) electrons. The van der Waals surface area contributed by atoms with Crippen LogP contribution in [0.25, 0.3) is 0 Å². The number of benzene rings is 1. The standard InChI is InChI=1S/C10H8ClNO/c11-8-3-1-2-6-4-7-5-13-12-10(7)9(6)8/h1-3,7H,4-5H2. The number of hydrogen-bond donors (Lipinski definition) is 0. The summed E-state index contributed by atoms with van der Waals surface area (Å²) < 4.78 is 0. The molecule has 3 heteroatoms. The van der Waals surface area contributed by atoms with Crippen LogP contribution in [0.3, 0.4) is 0 Å². The van der Waals surface area contributed by atoms with Crippen LogP contribution in [-0.2, 0) is 11.3 Å². The SMILES string of the molecule is Clc1cccc2c1C1=NOCC1C2. The van der Waals surface area contributed by atoms with Crippen LogP contribution in [-0.4, -0.2) is 12.3 Å². The summed E-state index contributed by atoms with van der Waals surface area (Å²) in [4.78, 5) is 5.05. The molecule has 1 aromatic rings. The van der Waals surface area contributed by atoms with E-state index in [-0.39, 0.29) is 0 Å². The molecular formula is C10H8ClNO. The van der Waals surface area contributed by atoms with Crippen molar-refractivity contribution < 1.29 is 4.84 Å². The first-order valence-electron chi connectivity index (χ1n) is 4.34. The Bertz CT molecular complexity index is 400. The molecule has 2 aliphatic rings. The summed E-state index contributed by atoms with van der Waals surface area (Å²) in [5.41, 5.74) is 3.45. The summed E-state index contributed by atoms with van der Waals surface area (Å²) in [5, 5.41) is 4.83. The molecule has 0 N–H and O–H groups in total. The topological polar surface area (TPSA) is 21.6 Å². The third kappa shape index (κ3) is 0.923. The van der Waals surface area contributed by atoms with Crippen LogP contribution in [0.15, 0.2) is 23.4 Å². The highest BCUT2D eigenvalue weighted by Gasteiger charge is 2.34. The van der Waals surface area contributed by atoms with Gasteiger partial charge >= 0.3 is 0 Å². The van der Waals surface area contributed by atoms with Crippen molar-refractivity contribution in [2.24, 2.45) is 11.1 Å². The minimum absolute atomic E-state index is 0.440. The van der Waals surface area contributed by atoms with Gasteiger partial charge in [-0.3, -0.25) is 0 Å². The predicted octanol–water partition coefficient (Wildman–Crippen LogP) is 2.25. The minimum Gasteiger partial charge on any atom is -0.395 e. The molecule has 66 valence electrons. The van der Waals surface area contributed by atoms with E-state index >= 15 is 0 Å². The van der Waals surface area contributed by atoms with Gasteiger partial charge in [-0.05, 0) is 18.1 Å². The van der Waals surface area contributed by atoms with Gasteiger partial charge in [-0.25, -0.2) is 0 Å². The summed E-state index contributed by atoms with van der Waals surface area (Å²) in [7, 11) is 0. The number of hydrogen-bond acceptors (Lipinski definition) is 2. The second kappa shape index (κ2) is 2.48. The van der Waals surface area contributed by atoms with Gasteiger partial charge in [0, 0.05) is 11.5 Å². The zero-order chi connectivity index (χ0) is 8.84. The lowest BCUT2D eigenvalue weighted by Crippen LogP contribution is -2.07. The largest absolute Gasteiger partial charge is 0.395 e. The molecule has 1 atom stereocenters. The molecule has 1 aromatic carbocycles. The maximum absolute atomic E-state index is 6.10. The highest BCUT2D eigenvalue weighted by molar-refractivity contribution is 6.35. The molecule has 0 saturated carbocycles. The third-order valence-corrected chi connectivity index (χ3v) is 2.96. The molecule has 0 saturated heterocycles. The van der Waals surface area contributed by atoms with Crippen molar-refractivity contribution in [3.05, 3.63) is 34.3 Å². The summed E-state index contributed by atoms with van der Waals surface area (Å²) in [6.45, 7) is 0.709. The Balaban J connectivity index is 2.24. The normalized spacial score (nSPS) is 23.5. The average Bonchev–Trinajstić information content (AvgIpc) is 2.62. The third-order valence-electron chi connectivity index (χ3n) is 2.65. The fourth-order valence-corrected chi connectivity index (χ4v) is 2.34. The van der Waals surface area contributed by atoms with Crippen molar-refractivity contribution >= 4 is 17.3 Å². The van der Waals surface area contributed by atoms with E-state index < -0.39 is 0 Å². The molecule has 0 amide bonds. The molecule has 0 bridgehead atoms. The molecule has 0 spiro atoms. The molecule has 13 heavy (non-hydrogen) atoms. The van der Waals surface area contributed by atoms with Crippen molar-refractivity contribution in [3.8, 4) is 0 Å². The van der Waals surface area contributed by atoms with Gasteiger partial charge in [0.25, 0.3) is 0 Å². The quantitative estimate of drug-likeness (QED) is 0.619. The van der Waals surface area contributed by atoms with E-state index in [2.05, 4.69) is 11.2 Å². The first-order chi connectivity index (χ1) is 6.36. The van der Waals surface area contributed by atoms with Crippen LogP contribution in [0, 0.1) is 5.92 Å². The van der Waals surface area contributed by atoms with Gasteiger partial charge < -0.3 is 4.84 Å². The van der Waals surface area contributed by atoms with Gasteiger partial charge in [0.2, 0.25) is 0 Å². The van der Waals surface area contributed by atoms with E-state index in [9.17, 15) is 0 Å². The fraction of sp³-hybridized carbons (Fsp3) is 0.300. The predicted molar refractivity (Wildman–Crippen MR) is 51.1 cm³/mol. The maximum atomic E-state index is 6.10. The van der Waals surface area contributed by atoms with Gasteiger partial charge in [0.05, 0.1) is 10.7 Å². The number of fused-ring (bicyclic) bond motifs is 3. The van der Waals surface area contributed by atoms with Crippen LogP contribution >= 0.6 is 11.6 Å². The van der Waals surface area contributed by atoms with E-state index in [1.54, 1.807) is 0 Å². The number of nitrogens with zero attached hydrogens (tertiary/aromatic N) is 1. The van der Waals surface area contributed by atoms with Crippen molar-refractivity contribution in [1.82, 2.24) is 0 Å². The summed E-state index contributed by atoms with van der Waals surface area (Å²) in [6, 6.07) is 6.01. The zero-order valence-corrected chi connectivity index (χ0v) is 7.71. The molecular weight excluding hydrogens is 186 g/mol. The monoisotopic (exact) mass is 193 g/mol. The highest BCUT2D eigenvalue weighted by Crippen LogP contribution is 2.35. The van der Waals surface area contributed by atoms with Gasteiger partial charge in [0.15, 0.2) is 0 Å². The molecule has 0 fully saturated rings. The average molecular weight is 194 g/mol. The number of oxime groups is 1. The van der Waals surface area contributed by atoms with Gasteiger partial charge in [-0.1, -0.05) is 28.9 Å². The second-order valence-corrected chi connectivity index (χ2v) is 3.85. The van der Waals surface area contributed by atoms with E-state index in [4.69, 9.17) is 16.4 Å². The molecule has 3 rings (SSSR count). The smallest absolute Gasteiger partial charge is 0.126 e. The van der Waals surface area contributed by atoms with Crippen LogP contribution in [0.5, 0.6) is 0 Å². The van der Waals surface area contributed by atoms with Crippen molar-refractivity contribution in [2.75, 3.05) is 6.61 Å². The Morgan fingerprint density at radius 1 is 1.46 bits per heavy atom. The first-order valence-corrected chi connectivity index (χ1v) is 4.71. The second-order valence-electron chi connectivity index (χ2n) is 3.45.